The number of aryl methyl sites for hydroxylation is 2. The van der Waals surface area contributed by atoms with E-state index in [0.29, 0.717) is 17.0 Å². The molecule has 0 atom stereocenters. The zero-order chi connectivity index (χ0) is 19.8. The van der Waals surface area contributed by atoms with Gasteiger partial charge in [0.25, 0.3) is 11.8 Å². The second-order valence-corrected chi connectivity index (χ2v) is 7.67. The highest BCUT2D eigenvalue weighted by Gasteiger charge is 2.42. The molecule has 0 N–H and O–H groups in total. The Kier molecular flexibility index (Phi) is 4.77. The monoisotopic (exact) mass is 375 g/mol. The third kappa shape index (κ3) is 3.22. The van der Waals surface area contributed by atoms with Gasteiger partial charge in [-0.3, -0.25) is 9.59 Å². The summed E-state index contributed by atoms with van der Waals surface area (Å²) in [6.07, 6.45) is 0. The minimum atomic E-state index is -0.241. The Bertz CT molecular complexity index is 937. The zero-order valence-corrected chi connectivity index (χ0v) is 16.6. The fourth-order valence-electron chi connectivity index (χ4n) is 4.02. The first-order valence-electron chi connectivity index (χ1n) is 9.66. The second kappa shape index (κ2) is 7.24. The molecule has 0 aromatic heterocycles. The zero-order valence-electron chi connectivity index (χ0n) is 16.6. The average molecular weight is 375 g/mol. The van der Waals surface area contributed by atoms with Gasteiger partial charge in [-0.2, -0.15) is 0 Å². The van der Waals surface area contributed by atoms with Gasteiger partial charge < -0.3 is 9.80 Å². The lowest BCUT2D eigenvalue weighted by atomic mass is 10.0. The molecule has 28 heavy (non-hydrogen) atoms. The molecule has 0 bridgehead atoms. The van der Waals surface area contributed by atoms with Crippen LogP contribution in [0.5, 0.6) is 0 Å². The number of likely N-dealkylation sites (N-methyl/N-ethyl adjacent to an activating group) is 1. The van der Waals surface area contributed by atoms with E-state index in [1.807, 2.05) is 62.4 Å². The maximum absolute atomic E-state index is 13.5. The van der Waals surface area contributed by atoms with Crippen LogP contribution in [-0.2, 0) is 9.59 Å². The highest BCUT2D eigenvalue weighted by atomic mass is 16.2. The normalized spacial score (nSPS) is 18.4. The van der Waals surface area contributed by atoms with Crippen LogP contribution < -0.4 is 4.90 Å². The molecule has 2 aromatic rings. The van der Waals surface area contributed by atoms with Gasteiger partial charge in [0.15, 0.2) is 0 Å². The van der Waals surface area contributed by atoms with Crippen LogP contribution in [0.25, 0.3) is 5.57 Å². The van der Waals surface area contributed by atoms with Gasteiger partial charge in [-0.15, -0.1) is 0 Å². The average Bonchev–Trinajstić information content (AvgIpc) is 2.93. The van der Waals surface area contributed by atoms with E-state index in [1.54, 1.807) is 0 Å². The number of hydrogen-bond acceptors (Lipinski definition) is 4. The van der Waals surface area contributed by atoms with Crippen molar-refractivity contribution in [3.8, 4) is 0 Å². The number of imide groups is 1. The van der Waals surface area contributed by atoms with Crippen molar-refractivity contribution >= 4 is 23.1 Å². The van der Waals surface area contributed by atoms with Gasteiger partial charge in [-0.25, -0.2) is 4.90 Å². The predicted molar refractivity (Wildman–Crippen MR) is 111 cm³/mol. The van der Waals surface area contributed by atoms with Crippen molar-refractivity contribution < 1.29 is 9.59 Å². The van der Waals surface area contributed by atoms with Crippen molar-refractivity contribution in [2.24, 2.45) is 0 Å². The smallest absolute Gasteiger partial charge is 0.282 e. The first-order valence-corrected chi connectivity index (χ1v) is 9.66. The highest BCUT2D eigenvalue weighted by Crippen LogP contribution is 2.35. The Morgan fingerprint density at radius 3 is 2.00 bits per heavy atom. The Hall–Kier alpha value is -2.92. The summed E-state index contributed by atoms with van der Waals surface area (Å²) in [5, 5.41) is 0. The van der Waals surface area contributed by atoms with E-state index >= 15 is 0 Å². The van der Waals surface area contributed by atoms with E-state index < -0.39 is 0 Å². The molecular formula is C23H25N3O2. The van der Waals surface area contributed by atoms with Crippen LogP contribution in [-0.4, -0.2) is 54.8 Å². The van der Waals surface area contributed by atoms with E-state index in [9.17, 15) is 9.59 Å². The minimum Gasteiger partial charge on any atom is -0.364 e. The maximum Gasteiger partial charge on any atom is 0.282 e. The SMILES string of the molecule is Cc1cc(C)cc(N2C(=O)C(c3ccccc3)=C(N3CCN(C)CC3)C2=O)c1. The summed E-state index contributed by atoms with van der Waals surface area (Å²) >= 11 is 0. The molecule has 2 heterocycles. The number of amides is 2. The lowest BCUT2D eigenvalue weighted by Crippen LogP contribution is -2.46. The fraction of sp³-hybridized carbons (Fsp3) is 0.304. The molecule has 2 aliphatic heterocycles. The number of nitrogens with zero attached hydrogens (tertiary/aromatic N) is 3. The maximum atomic E-state index is 13.5. The largest absolute Gasteiger partial charge is 0.364 e. The van der Waals surface area contributed by atoms with Crippen molar-refractivity contribution in [2.45, 2.75) is 13.8 Å². The molecule has 1 saturated heterocycles. The Morgan fingerprint density at radius 2 is 1.39 bits per heavy atom. The number of carbonyl (C=O) groups is 2. The molecular weight excluding hydrogens is 350 g/mol. The summed E-state index contributed by atoms with van der Waals surface area (Å²) in [5.41, 5.74) is 4.54. The first kappa shape index (κ1) is 18.4. The molecule has 2 amide bonds. The van der Waals surface area contributed by atoms with Gasteiger partial charge in [0.2, 0.25) is 0 Å². The molecule has 5 nitrogen and oxygen atoms in total. The fourth-order valence-corrected chi connectivity index (χ4v) is 4.02. The van der Waals surface area contributed by atoms with E-state index in [2.05, 4.69) is 16.8 Å². The van der Waals surface area contributed by atoms with E-state index in [1.165, 1.54) is 4.90 Å². The van der Waals surface area contributed by atoms with Gasteiger partial charge in [-0.05, 0) is 49.7 Å². The Balaban J connectivity index is 1.81. The molecule has 2 aliphatic rings. The summed E-state index contributed by atoms with van der Waals surface area (Å²) in [7, 11) is 2.08. The molecule has 5 heteroatoms. The van der Waals surface area contributed by atoms with Crippen molar-refractivity contribution in [1.82, 2.24) is 9.80 Å². The number of piperazine rings is 1. The summed E-state index contributed by atoms with van der Waals surface area (Å²) in [6.45, 7) is 7.18. The molecule has 0 radical (unpaired) electrons. The number of benzene rings is 2. The van der Waals surface area contributed by atoms with E-state index in [4.69, 9.17) is 0 Å². The standard InChI is InChI=1S/C23H25N3O2/c1-16-13-17(2)15-19(14-16)26-22(27)20(18-7-5-4-6-8-18)21(23(26)28)25-11-9-24(3)10-12-25/h4-8,13-15H,9-12H2,1-3H3. The third-order valence-corrected chi connectivity index (χ3v) is 5.41. The molecule has 2 aromatic carbocycles. The van der Waals surface area contributed by atoms with Gasteiger partial charge in [0.05, 0.1) is 11.3 Å². The third-order valence-electron chi connectivity index (χ3n) is 5.41. The lowest BCUT2D eigenvalue weighted by molar-refractivity contribution is -0.120. The van der Waals surface area contributed by atoms with Crippen molar-refractivity contribution in [1.29, 1.82) is 0 Å². The van der Waals surface area contributed by atoms with Gasteiger partial charge >= 0.3 is 0 Å². The van der Waals surface area contributed by atoms with Crippen LogP contribution in [0.3, 0.4) is 0 Å². The number of hydrogen-bond donors (Lipinski definition) is 0. The number of rotatable bonds is 3. The van der Waals surface area contributed by atoms with Crippen LogP contribution in [0.2, 0.25) is 0 Å². The number of carbonyl (C=O) groups excluding carboxylic acids is 2. The van der Waals surface area contributed by atoms with Crippen LogP contribution in [0, 0.1) is 13.8 Å². The van der Waals surface area contributed by atoms with Crippen LogP contribution in [0.1, 0.15) is 16.7 Å². The number of anilines is 1. The lowest BCUT2D eigenvalue weighted by Gasteiger charge is -2.34. The summed E-state index contributed by atoms with van der Waals surface area (Å²) < 4.78 is 0. The van der Waals surface area contributed by atoms with Gasteiger partial charge in [0.1, 0.15) is 5.70 Å². The van der Waals surface area contributed by atoms with E-state index in [-0.39, 0.29) is 11.8 Å². The molecule has 0 spiro atoms. The van der Waals surface area contributed by atoms with Crippen LogP contribution in [0.4, 0.5) is 5.69 Å². The topological polar surface area (TPSA) is 43.9 Å². The summed E-state index contributed by atoms with van der Waals surface area (Å²) in [5.74, 6) is -0.464. The Labute approximate surface area is 165 Å². The molecule has 0 aliphatic carbocycles. The van der Waals surface area contributed by atoms with Crippen LogP contribution >= 0.6 is 0 Å². The molecule has 4 rings (SSSR count). The summed E-state index contributed by atoms with van der Waals surface area (Å²) in [4.78, 5) is 32.6. The molecule has 0 unspecified atom stereocenters. The van der Waals surface area contributed by atoms with Crippen molar-refractivity contribution in [2.75, 3.05) is 38.1 Å². The Morgan fingerprint density at radius 1 is 0.786 bits per heavy atom. The second-order valence-electron chi connectivity index (χ2n) is 7.67. The first-order chi connectivity index (χ1) is 13.5. The van der Waals surface area contributed by atoms with Crippen LogP contribution in [0.15, 0.2) is 54.2 Å². The van der Waals surface area contributed by atoms with Crippen molar-refractivity contribution in [3.63, 3.8) is 0 Å². The summed E-state index contributed by atoms with van der Waals surface area (Å²) in [6, 6.07) is 15.4. The quantitative estimate of drug-likeness (QED) is 0.774. The molecule has 144 valence electrons. The van der Waals surface area contributed by atoms with Gasteiger partial charge in [0, 0.05) is 26.2 Å². The highest BCUT2D eigenvalue weighted by molar-refractivity contribution is 6.45. The predicted octanol–water partition coefficient (Wildman–Crippen LogP) is 2.84. The van der Waals surface area contributed by atoms with E-state index in [0.717, 1.165) is 42.9 Å². The molecule has 0 saturated carbocycles. The van der Waals surface area contributed by atoms with Gasteiger partial charge in [-0.1, -0.05) is 36.4 Å². The minimum absolute atomic E-state index is 0.224. The van der Waals surface area contributed by atoms with Crippen molar-refractivity contribution in [3.05, 3.63) is 70.9 Å². The molecule has 1 fully saturated rings.